The van der Waals surface area contributed by atoms with Crippen LogP contribution in [0.1, 0.15) is 92.4 Å². The monoisotopic (exact) mass is 578 g/mol. The van der Waals surface area contributed by atoms with E-state index < -0.39 is 38.4 Å². The van der Waals surface area contributed by atoms with Gasteiger partial charge in [0.15, 0.2) is 0 Å². The average molecular weight is 579 g/mol. The molecule has 0 amide bonds. The molecule has 4 rings (SSSR count). The highest BCUT2D eigenvalue weighted by molar-refractivity contribution is 7.81. The number of fused-ring (bicyclic) bond motifs is 5. The third-order valence-electron chi connectivity index (χ3n) is 10.6. The van der Waals surface area contributed by atoms with E-state index in [1.807, 2.05) is 0 Å². The molecule has 0 radical (unpaired) electrons. The lowest BCUT2D eigenvalue weighted by Crippen LogP contribution is -2.55. The van der Waals surface area contributed by atoms with E-state index in [-0.39, 0.29) is 29.8 Å². The van der Waals surface area contributed by atoms with Crippen molar-refractivity contribution in [1.29, 1.82) is 0 Å². The van der Waals surface area contributed by atoms with Gasteiger partial charge in [-0.05, 0) is 104 Å². The summed E-state index contributed by atoms with van der Waals surface area (Å²) in [5.74, 6) is 1.28. The van der Waals surface area contributed by atoms with Crippen LogP contribution in [0.15, 0.2) is 11.6 Å². The number of hydrogen-bond acceptors (Lipinski definition) is 7. The first kappa shape index (κ1) is 30.4. The average Bonchev–Trinajstić information content (AvgIpc) is 3.09. The number of allylic oxidation sites excluding steroid dienone is 2. The molecule has 0 heterocycles. The van der Waals surface area contributed by atoms with E-state index >= 15 is 0 Å². The molecular formula is C27H46O9S2. The Hall–Kier alpha value is -0.560. The zero-order chi connectivity index (χ0) is 28.3. The van der Waals surface area contributed by atoms with E-state index in [0.717, 1.165) is 32.1 Å². The summed E-state index contributed by atoms with van der Waals surface area (Å²) in [4.78, 5) is 0. The normalized spacial score (nSPS) is 41.1. The van der Waals surface area contributed by atoms with Gasteiger partial charge in [0.1, 0.15) is 0 Å². The molecule has 0 unspecified atom stereocenters. The highest BCUT2D eigenvalue weighted by atomic mass is 32.3. The van der Waals surface area contributed by atoms with Crippen LogP contribution in [-0.2, 0) is 29.2 Å². The third kappa shape index (κ3) is 6.19. The first-order chi connectivity index (χ1) is 17.4. The van der Waals surface area contributed by atoms with Crippen molar-refractivity contribution in [3.63, 3.8) is 0 Å². The Morgan fingerprint density at radius 2 is 1.61 bits per heavy atom. The highest BCUT2D eigenvalue weighted by Gasteiger charge is 2.60. The molecule has 0 bridgehead atoms. The van der Waals surface area contributed by atoms with Gasteiger partial charge in [-0.3, -0.25) is 9.11 Å². The molecule has 4 aliphatic carbocycles. The van der Waals surface area contributed by atoms with E-state index in [0.29, 0.717) is 42.9 Å². The van der Waals surface area contributed by atoms with Crippen molar-refractivity contribution >= 4 is 20.8 Å². The molecule has 3 fully saturated rings. The molecule has 0 aromatic heterocycles. The molecule has 220 valence electrons. The van der Waals surface area contributed by atoms with Crippen LogP contribution in [0.5, 0.6) is 0 Å². The number of aliphatic hydroxyl groups is 1. The fourth-order valence-corrected chi connectivity index (χ4v) is 10.3. The van der Waals surface area contributed by atoms with Gasteiger partial charge in [0, 0.05) is 0 Å². The minimum atomic E-state index is -4.73. The van der Waals surface area contributed by atoms with Gasteiger partial charge in [-0.1, -0.05) is 46.3 Å². The molecule has 38 heavy (non-hydrogen) atoms. The maximum Gasteiger partial charge on any atom is 0.397 e. The maximum atomic E-state index is 11.9. The summed E-state index contributed by atoms with van der Waals surface area (Å²) in [6, 6.07) is 0. The fraction of sp³-hybridized carbons (Fsp3) is 0.926. The molecular weight excluding hydrogens is 532 g/mol. The van der Waals surface area contributed by atoms with Crippen LogP contribution in [0.3, 0.4) is 0 Å². The molecule has 3 saturated carbocycles. The summed E-state index contributed by atoms with van der Waals surface area (Å²) >= 11 is 0. The zero-order valence-electron chi connectivity index (χ0n) is 23.2. The second kappa shape index (κ2) is 10.7. The molecule has 0 aromatic carbocycles. The van der Waals surface area contributed by atoms with Gasteiger partial charge >= 0.3 is 20.8 Å². The summed E-state index contributed by atoms with van der Waals surface area (Å²) in [7, 11) is -9.38. The van der Waals surface area contributed by atoms with Crippen LogP contribution < -0.4 is 0 Å². The number of hydrogen-bond donors (Lipinski definition) is 3. The highest BCUT2D eigenvalue weighted by Crippen LogP contribution is 2.67. The summed E-state index contributed by atoms with van der Waals surface area (Å²) < 4.78 is 75.6. The topological polar surface area (TPSA) is 147 Å². The summed E-state index contributed by atoms with van der Waals surface area (Å²) in [6.45, 7) is 10.9. The SMILES string of the molecule is CC(C)C[C@H](O)C[C@@H](C)[C@H]1CC[C@H]2[C@@H]3C[C@H](OS(=O)(=O)O)[C@H]4C[C@@H](OS(=O)(=O)O)CC[C@]4(C)C3=CC[C@]12C. The van der Waals surface area contributed by atoms with Gasteiger partial charge in [-0.15, -0.1) is 0 Å². The molecule has 9 nitrogen and oxygen atoms in total. The van der Waals surface area contributed by atoms with Crippen LogP contribution in [0.25, 0.3) is 0 Å². The van der Waals surface area contributed by atoms with E-state index in [4.69, 9.17) is 8.37 Å². The minimum absolute atomic E-state index is 0.0161. The van der Waals surface area contributed by atoms with E-state index in [1.165, 1.54) is 5.57 Å². The Morgan fingerprint density at radius 3 is 2.21 bits per heavy atom. The first-order valence-corrected chi connectivity index (χ1v) is 16.9. The largest absolute Gasteiger partial charge is 0.397 e. The molecule has 0 saturated heterocycles. The van der Waals surface area contributed by atoms with E-state index in [2.05, 4.69) is 40.7 Å². The lowest BCUT2D eigenvalue weighted by atomic mass is 9.47. The Labute approximate surface area is 228 Å². The van der Waals surface area contributed by atoms with Crippen LogP contribution >= 0.6 is 0 Å². The number of aliphatic hydroxyl groups excluding tert-OH is 1. The Morgan fingerprint density at radius 1 is 0.947 bits per heavy atom. The molecule has 3 N–H and O–H groups in total. The van der Waals surface area contributed by atoms with Crippen LogP contribution in [-0.4, -0.2) is 49.4 Å². The first-order valence-electron chi connectivity index (χ1n) is 14.1. The van der Waals surface area contributed by atoms with Crippen molar-refractivity contribution in [1.82, 2.24) is 0 Å². The second-order valence-electron chi connectivity index (χ2n) is 13.5. The minimum Gasteiger partial charge on any atom is -0.393 e. The van der Waals surface area contributed by atoms with Crippen LogP contribution in [0.4, 0.5) is 0 Å². The predicted octanol–water partition coefficient (Wildman–Crippen LogP) is 4.98. The van der Waals surface area contributed by atoms with Crippen molar-refractivity contribution in [2.75, 3.05) is 0 Å². The maximum absolute atomic E-state index is 11.9. The van der Waals surface area contributed by atoms with Crippen LogP contribution in [0, 0.1) is 46.3 Å². The predicted molar refractivity (Wildman–Crippen MR) is 143 cm³/mol. The molecule has 4 aliphatic rings. The van der Waals surface area contributed by atoms with Crippen molar-refractivity contribution < 1.29 is 39.4 Å². The smallest absolute Gasteiger partial charge is 0.393 e. The summed E-state index contributed by atoms with van der Waals surface area (Å²) in [5.41, 5.74) is 0.872. The van der Waals surface area contributed by atoms with Gasteiger partial charge in [0.05, 0.1) is 18.3 Å². The van der Waals surface area contributed by atoms with Gasteiger partial charge in [-0.2, -0.15) is 16.8 Å². The van der Waals surface area contributed by atoms with Gasteiger partial charge in [0.2, 0.25) is 0 Å². The molecule has 0 aliphatic heterocycles. The molecule has 0 aromatic rings. The van der Waals surface area contributed by atoms with Gasteiger partial charge < -0.3 is 5.11 Å². The molecule has 10 atom stereocenters. The van der Waals surface area contributed by atoms with Crippen molar-refractivity contribution in [2.24, 2.45) is 46.3 Å². The molecule has 0 spiro atoms. The van der Waals surface area contributed by atoms with Crippen molar-refractivity contribution in [3.8, 4) is 0 Å². The third-order valence-corrected chi connectivity index (χ3v) is 11.6. The zero-order valence-corrected chi connectivity index (χ0v) is 24.9. The molecule has 11 heteroatoms. The lowest BCUT2D eigenvalue weighted by molar-refractivity contribution is -0.0705. The van der Waals surface area contributed by atoms with Crippen LogP contribution in [0.2, 0.25) is 0 Å². The van der Waals surface area contributed by atoms with Crippen molar-refractivity contribution in [2.45, 2.75) is 111 Å². The Balaban J connectivity index is 1.62. The Kier molecular flexibility index (Phi) is 8.55. The quantitative estimate of drug-likeness (QED) is 0.254. The number of rotatable bonds is 9. The lowest BCUT2D eigenvalue weighted by Gasteiger charge is -2.58. The summed E-state index contributed by atoms with van der Waals surface area (Å²) in [5, 5.41) is 10.6. The van der Waals surface area contributed by atoms with Crippen molar-refractivity contribution in [3.05, 3.63) is 11.6 Å². The summed E-state index contributed by atoms with van der Waals surface area (Å²) in [6.07, 6.45) is 6.57. The van der Waals surface area contributed by atoms with E-state index in [1.54, 1.807) is 0 Å². The van der Waals surface area contributed by atoms with E-state index in [9.17, 15) is 31.0 Å². The second-order valence-corrected chi connectivity index (χ2v) is 15.6. The standard InChI is InChI=1S/C27H46O9S2/c1-16(2)12-18(28)13-17(3)21-6-7-22-20-15-25(36-38(32,33)34)24-14-19(35-37(29,30)31)8-10-27(24,5)23(20)9-11-26(21,22)4/h9,16-22,24-25,28H,6-8,10-15H2,1-5H3,(H,29,30,31)(H,32,33,34)/t17-,18+,19+,20+,21-,22+,24-,25+,26-,27-/m1/s1. The van der Waals surface area contributed by atoms with Gasteiger partial charge in [-0.25, -0.2) is 8.37 Å². The van der Waals surface area contributed by atoms with Gasteiger partial charge in [0.25, 0.3) is 0 Å². The fourth-order valence-electron chi connectivity index (χ4n) is 9.24. The Bertz CT molecular complexity index is 1120.